The number of nitrogens with zero attached hydrogens (tertiary/aromatic N) is 2. The minimum atomic E-state index is -1.01. The Labute approximate surface area is 192 Å². The molecule has 1 aliphatic heterocycles. The van der Waals surface area contributed by atoms with Gasteiger partial charge in [-0.3, -0.25) is 14.6 Å². The van der Waals surface area contributed by atoms with Crippen molar-refractivity contribution in [3.05, 3.63) is 78.0 Å². The van der Waals surface area contributed by atoms with Crippen LogP contribution in [0.3, 0.4) is 0 Å². The van der Waals surface area contributed by atoms with Crippen molar-refractivity contribution in [3.8, 4) is 11.3 Å². The first kappa shape index (κ1) is 22.2. The second kappa shape index (κ2) is 9.65. The summed E-state index contributed by atoms with van der Waals surface area (Å²) in [5.74, 6) is -0.999. The lowest BCUT2D eigenvalue weighted by Gasteiger charge is -2.18. The molecule has 2 heterocycles. The molecule has 0 aliphatic carbocycles. The Bertz CT molecular complexity index is 1190. The number of rotatable bonds is 6. The number of nitrogens with one attached hydrogen (secondary N) is 1. The van der Waals surface area contributed by atoms with E-state index in [1.54, 1.807) is 42.2 Å². The maximum Gasteiger partial charge on any atom is 0.340 e. The van der Waals surface area contributed by atoms with Gasteiger partial charge in [-0.2, -0.15) is 0 Å². The number of benzene rings is 2. The van der Waals surface area contributed by atoms with Gasteiger partial charge in [0.2, 0.25) is 5.91 Å². The lowest BCUT2D eigenvalue weighted by atomic mass is 10.1. The van der Waals surface area contributed by atoms with E-state index in [9.17, 15) is 14.4 Å². The Hall–Kier alpha value is -4.00. The molecule has 1 atom stereocenters. The van der Waals surface area contributed by atoms with E-state index in [-0.39, 0.29) is 5.91 Å². The molecular formula is C26H25N3O4. The van der Waals surface area contributed by atoms with E-state index in [4.69, 9.17) is 4.74 Å². The highest BCUT2D eigenvalue weighted by Gasteiger charge is 2.23. The van der Waals surface area contributed by atoms with Crippen molar-refractivity contribution in [2.24, 2.45) is 0 Å². The summed E-state index contributed by atoms with van der Waals surface area (Å²) < 4.78 is 5.39. The van der Waals surface area contributed by atoms with Crippen molar-refractivity contribution in [1.29, 1.82) is 0 Å². The lowest BCUT2D eigenvalue weighted by Crippen LogP contribution is -2.30. The van der Waals surface area contributed by atoms with Crippen LogP contribution in [0, 0.1) is 6.92 Å². The average molecular weight is 444 g/mol. The largest absolute Gasteiger partial charge is 0.449 e. The minimum Gasteiger partial charge on any atom is -0.449 e. The summed E-state index contributed by atoms with van der Waals surface area (Å²) in [5.41, 5.74) is 3.81. The maximum absolute atomic E-state index is 12.7. The van der Waals surface area contributed by atoms with Crippen molar-refractivity contribution >= 4 is 29.2 Å². The van der Waals surface area contributed by atoms with E-state index < -0.39 is 18.0 Å². The number of ether oxygens (including phenoxy) is 1. The SMILES string of the molecule is Cc1nc(-c2ccccc2)ccc1C(=O)O[C@@H](C)C(=O)Nc1cccc(N2CCCC2=O)c1. The van der Waals surface area contributed by atoms with E-state index in [1.165, 1.54) is 6.92 Å². The van der Waals surface area contributed by atoms with E-state index in [0.717, 1.165) is 23.4 Å². The van der Waals surface area contributed by atoms with Crippen molar-refractivity contribution in [1.82, 2.24) is 4.98 Å². The molecule has 4 rings (SSSR count). The zero-order valence-corrected chi connectivity index (χ0v) is 18.6. The summed E-state index contributed by atoms with van der Waals surface area (Å²) in [6.45, 7) is 3.92. The molecule has 0 radical (unpaired) electrons. The molecule has 1 aliphatic rings. The Morgan fingerprint density at radius 3 is 2.55 bits per heavy atom. The van der Waals surface area contributed by atoms with Crippen LogP contribution in [0.2, 0.25) is 0 Å². The third-order valence-corrected chi connectivity index (χ3v) is 5.53. The summed E-state index contributed by atoms with van der Waals surface area (Å²) in [6.07, 6.45) is 0.343. The fourth-order valence-corrected chi connectivity index (χ4v) is 3.74. The number of pyridine rings is 1. The summed E-state index contributed by atoms with van der Waals surface area (Å²) >= 11 is 0. The van der Waals surface area contributed by atoms with Crippen molar-refractivity contribution in [3.63, 3.8) is 0 Å². The van der Waals surface area contributed by atoms with Gasteiger partial charge >= 0.3 is 5.97 Å². The molecule has 1 saturated heterocycles. The Kier molecular flexibility index (Phi) is 6.49. The first-order chi connectivity index (χ1) is 15.9. The van der Waals surface area contributed by atoms with Gasteiger partial charge in [-0.05, 0) is 50.6 Å². The highest BCUT2D eigenvalue weighted by molar-refractivity contribution is 5.99. The molecule has 7 nitrogen and oxygen atoms in total. The van der Waals surface area contributed by atoms with Gasteiger partial charge in [0.05, 0.1) is 17.0 Å². The van der Waals surface area contributed by atoms with Crippen LogP contribution in [0.5, 0.6) is 0 Å². The number of hydrogen-bond donors (Lipinski definition) is 1. The van der Waals surface area contributed by atoms with Gasteiger partial charge in [-0.25, -0.2) is 4.79 Å². The van der Waals surface area contributed by atoms with Crippen LogP contribution in [0.15, 0.2) is 66.7 Å². The molecule has 1 fully saturated rings. The van der Waals surface area contributed by atoms with Crippen LogP contribution in [0.4, 0.5) is 11.4 Å². The smallest absolute Gasteiger partial charge is 0.340 e. The zero-order valence-electron chi connectivity index (χ0n) is 18.6. The van der Waals surface area contributed by atoms with E-state index in [2.05, 4.69) is 10.3 Å². The van der Waals surface area contributed by atoms with E-state index in [1.807, 2.05) is 36.4 Å². The van der Waals surface area contributed by atoms with Crippen LogP contribution in [-0.4, -0.2) is 35.4 Å². The molecule has 2 aromatic carbocycles. The molecule has 33 heavy (non-hydrogen) atoms. The van der Waals surface area contributed by atoms with E-state index >= 15 is 0 Å². The fraction of sp³-hybridized carbons (Fsp3) is 0.231. The van der Waals surface area contributed by atoms with Gasteiger partial charge in [-0.15, -0.1) is 0 Å². The number of hydrogen-bond acceptors (Lipinski definition) is 5. The number of carbonyl (C=O) groups excluding carboxylic acids is 3. The standard InChI is InChI=1S/C26H25N3O4/c1-17-22(13-14-23(27-17)19-8-4-3-5-9-19)26(32)33-18(2)25(31)28-20-10-6-11-21(16-20)29-15-7-12-24(29)30/h3-6,8-11,13-14,16,18H,7,12,15H2,1-2H3,(H,28,31)/t18-/m0/s1. The predicted octanol–water partition coefficient (Wildman–Crippen LogP) is 4.37. The number of esters is 1. The van der Waals surface area contributed by atoms with Gasteiger partial charge in [0.25, 0.3) is 5.91 Å². The number of aromatic nitrogens is 1. The Morgan fingerprint density at radius 1 is 1.06 bits per heavy atom. The second-order valence-corrected chi connectivity index (χ2v) is 7.93. The number of amides is 2. The Balaban J connectivity index is 1.40. The summed E-state index contributed by atoms with van der Waals surface area (Å²) in [4.78, 5) is 43.5. The normalized spacial score (nSPS) is 14.1. The second-order valence-electron chi connectivity index (χ2n) is 7.93. The van der Waals surface area contributed by atoms with Gasteiger partial charge in [0.15, 0.2) is 6.10 Å². The molecule has 0 bridgehead atoms. The van der Waals surface area contributed by atoms with Crippen LogP contribution in [0.1, 0.15) is 35.8 Å². The third-order valence-electron chi connectivity index (χ3n) is 5.53. The Morgan fingerprint density at radius 2 is 1.85 bits per heavy atom. The first-order valence-corrected chi connectivity index (χ1v) is 10.9. The molecule has 0 unspecified atom stereocenters. The number of anilines is 2. The van der Waals surface area contributed by atoms with Gasteiger partial charge < -0.3 is 15.0 Å². The van der Waals surface area contributed by atoms with Crippen LogP contribution in [-0.2, 0) is 14.3 Å². The highest BCUT2D eigenvalue weighted by atomic mass is 16.5. The quantitative estimate of drug-likeness (QED) is 0.572. The molecule has 1 N–H and O–H groups in total. The zero-order chi connectivity index (χ0) is 23.4. The van der Waals surface area contributed by atoms with Crippen LogP contribution in [0.25, 0.3) is 11.3 Å². The average Bonchev–Trinajstić information content (AvgIpc) is 3.25. The van der Waals surface area contributed by atoms with E-state index in [0.29, 0.717) is 29.9 Å². The monoisotopic (exact) mass is 443 g/mol. The maximum atomic E-state index is 12.7. The fourth-order valence-electron chi connectivity index (χ4n) is 3.74. The molecule has 0 saturated carbocycles. The summed E-state index contributed by atoms with van der Waals surface area (Å²) in [5, 5.41) is 2.75. The first-order valence-electron chi connectivity index (χ1n) is 10.9. The number of carbonyl (C=O) groups is 3. The van der Waals surface area contributed by atoms with Crippen molar-refractivity contribution in [2.45, 2.75) is 32.8 Å². The highest BCUT2D eigenvalue weighted by Crippen LogP contribution is 2.24. The topological polar surface area (TPSA) is 88.6 Å². The molecule has 0 spiro atoms. The van der Waals surface area contributed by atoms with Crippen LogP contribution >= 0.6 is 0 Å². The lowest BCUT2D eigenvalue weighted by molar-refractivity contribution is -0.123. The minimum absolute atomic E-state index is 0.0723. The van der Waals surface area contributed by atoms with Gasteiger partial charge in [-0.1, -0.05) is 36.4 Å². The molecular weight excluding hydrogens is 418 g/mol. The van der Waals surface area contributed by atoms with Gasteiger partial charge in [0.1, 0.15) is 0 Å². The number of aryl methyl sites for hydroxylation is 1. The molecule has 1 aromatic heterocycles. The summed E-state index contributed by atoms with van der Waals surface area (Å²) in [6, 6.07) is 20.2. The molecule has 168 valence electrons. The third kappa shape index (κ3) is 5.09. The molecule has 7 heteroatoms. The molecule has 2 amide bonds. The van der Waals surface area contributed by atoms with Crippen molar-refractivity contribution < 1.29 is 19.1 Å². The van der Waals surface area contributed by atoms with Crippen LogP contribution < -0.4 is 10.2 Å². The predicted molar refractivity (Wildman–Crippen MR) is 126 cm³/mol. The van der Waals surface area contributed by atoms with Gasteiger partial charge in [0, 0.05) is 29.9 Å². The molecule has 3 aromatic rings. The van der Waals surface area contributed by atoms with Crippen molar-refractivity contribution in [2.75, 3.05) is 16.8 Å². The summed E-state index contributed by atoms with van der Waals surface area (Å²) in [7, 11) is 0.